The average Bonchev–Trinajstić information content (AvgIpc) is 2.35. The van der Waals surface area contributed by atoms with Crippen molar-refractivity contribution in [3.05, 3.63) is 28.3 Å². The largest absolute Gasteiger partial charge is 0.496 e. The summed E-state index contributed by atoms with van der Waals surface area (Å²) in [4.78, 5) is 10.8. The van der Waals surface area contributed by atoms with E-state index < -0.39 is 11.0 Å². The third-order valence-corrected chi connectivity index (χ3v) is 3.08. The average molecular weight is 259 g/mol. The molecule has 0 fully saturated rings. The van der Waals surface area contributed by atoms with Crippen LogP contribution in [0, 0.1) is 10.1 Å². The molecule has 1 rings (SSSR count). The highest BCUT2D eigenvalue weighted by Crippen LogP contribution is 2.29. The van der Waals surface area contributed by atoms with Gasteiger partial charge in [-0.3, -0.25) is 10.1 Å². The van der Waals surface area contributed by atoms with Gasteiger partial charge < -0.3 is 14.9 Å². The van der Waals surface area contributed by atoms with Crippen molar-refractivity contribution in [2.75, 3.05) is 19.5 Å². The molecule has 0 aliphatic heterocycles. The third-order valence-electron chi connectivity index (χ3n) is 1.96. The van der Waals surface area contributed by atoms with E-state index in [0.717, 1.165) is 0 Å². The van der Waals surface area contributed by atoms with Crippen LogP contribution < -0.4 is 4.74 Å². The molecule has 1 aromatic rings. The zero-order valence-electron chi connectivity index (χ0n) is 9.20. The van der Waals surface area contributed by atoms with Crippen molar-refractivity contribution < 1.29 is 19.9 Å². The van der Waals surface area contributed by atoms with Crippen molar-refractivity contribution in [1.29, 1.82) is 0 Å². The van der Waals surface area contributed by atoms with Crippen molar-refractivity contribution >= 4 is 17.4 Å². The summed E-state index contributed by atoms with van der Waals surface area (Å²) in [5.74, 6) is 0.654. The number of nitrogens with zero attached hydrogens (tertiary/aromatic N) is 1. The Kier molecular flexibility index (Phi) is 5.20. The van der Waals surface area contributed by atoms with Crippen molar-refractivity contribution in [2.45, 2.75) is 11.0 Å². The van der Waals surface area contributed by atoms with Gasteiger partial charge in [-0.2, -0.15) is 0 Å². The Labute approximate surface area is 102 Å². The molecule has 17 heavy (non-hydrogen) atoms. The molecule has 1 unspecified atom stereocenters. The monoisotopic (exact) mass is 259 g/mol. The van der Waals surface area contributed by atoms with Gasteiger partial charge in [-0.25, -0.2) is 0 Å². The Balaban J connectivity index is 2.83. The second-order valence-corrected chi connectivity index (χ2v) is 4.36. The maximum atomic E-state index is 10.7. The van der Waals surface area contributed by atoms with Crippen LogP contribution in [0.5, 0.6) is 5.75 Å². The van der Waals surface area contributed by atoms with E-state index in [0.29, 0.717) is 10.6 Å². The predicted molar refractivity (Wildman–Crippen MR) is 63.5 cm³/mol. The van der Waals surface area contributed by atoms with Crippen molar-refractivity contribution in [3.8, 4) is 5.75 Å². The van der Waals surface area contributed by atoms with Gasteiger partial charge in [-0.15, -0.1) is 11.8 Å². The molecule has 0 bridgehead atoms. The summed E-state index contributed by atoms with van der Waals surface area (Å²) >= 11 is 1.22. The Hall–Kier alpha value is -1.31. The number of aliphatic hydroxyl groups excluding tert-OH is 2. The first kappa shape index (κ1) is 13.8. The first-order valence-electron chi connectivity index (χ1n) is 4.82. The Morgan fingerprint density at radius 2 is 2.24 bits per heavy atom. The Morgan fingerprint density at radius 3 is 2.76 bits per heavy atom. The number of benzene rings is 1. The maximum absolute atomic E-state index is 10.7. The van der Waals surface area contributed by atoms with Gasteiger partial charge in [0.2, 0.25) is 0 Å². The van der Waals surface area contributed by atoms with Crippen LogP contribution in [-0.4, -0.2) is 40.7 Å². The minimum atomic E-state index is -0.842. The van der Waals surface area contributed by atoms with E-state index in [2.05, 4.69) is 0 Å². The molecule has 0 aliphatic rings. The zero-order valence-corrected chi connectivity index (χ0v) is 10.0. The van der Waals surface area contributed by atoms with Gasteiger partial charge in [0, 0.05) is 16.7 Å². The molecule has 94 valence electrons. The smallest absolute Gasteiger partial charge is 0.274 e. The first-order chi connectivity index (χ1) is 8.06. The molecule has 0 aromatic heterocycles. The minimum absolute atomic E-state index is 0.0645. The molecule has 0 spiro atoms. The van der Waals surface area contributed by atoms with E-state index in [1.165, 1.54) is 31.0 Å². The highest BCUT2D eigenvalue weighted by atomic mass is 32.2. The standard InChI is InChI=1S/C10H13NO5S/c1-16-9-2-7(11(14)15)3-10(4-9)17-6-8(13)5-12/h2-4,8,12-13H,5-6H2,1H3. The molecule has 0 radical (unpaired) electrons. The predicted octanol–water partition coefficient (Wildman–Crippen LogP) is 1.05. The van der Waals surface area contributed by atoms with Crippen LogP contribution in [0.15, 0.2) is 23.1 Å². The highest BCUT2D eigenvalue weighted by Gasteiger charge is 2.11. The number of nitro groups is 1. The minimum Gasteiger partial charge on any atom is -0.496 e. The molecule has 2 N–H and O–H groups in total. The number of methoxy groups -OCH3 is 1. The summed E-state index contributed by atoms with van der Waals surface area (Å²) in [6.45, 7) is -0.334. The number of hydrogen-bond acceptors (Lipinski definition) is 6. The lowest BCUT2D eigenvalue weighted by Crippen LogP contribution is -2.14. The molecule has 1 atom stereocenters. The molecule has 0 saturated heterocycles. The summed E-state index contributed by atoms with van der Waals surface area (Å²) in [5, 5.41) is 28.5. The SMILES string of the molecule is COc1cc(SCC(O)CO)cc([N+](=O)[O-])c1. The fraction of sp³-hybridized carbons (Fsp3) is 0.400. The highest BCUT2D eigenvalue weighted by molar-refractivity contribution is 7.99. The molecule has 0 saturated carbocycles. The lowest BCUT2D eigenvalue weighted by molar-refractivity contribution is -0.385. The van der Waals surface area contributed by atoms with E-state index in [-0.39, 0.29) is 18.0 Å². The van der Waals surface area contributed by atoms with E-state index >= 15 is 0 Å². The number of aliphatic hydroxyl groups is 2. The fourth-order valence-corrected chi connectivity index (χ4v) is 2.00. The van der Waals surface area contributed by atoms with E-state index in [1.54, 1.807) is 6.07 Å². The second kappa shape index (κ2) is 6.43. The summed E-state index contributed by atoms with van der Waals surface area (Å²) in [6.07, 6.45) is -0.842. The molecule has 7 heteroatoms. The van der Waals surface area contributed by atoms with Gasteiger partial charge in [0.15, 0.2) is 0 Å². The number of hydrogen-bond donors (Lipinski definition) is 2. The number of rotatable bonds is 6. The van der Waals surface area contributed by atoms with E-state index in [1.807, 2.05) is 0 Å². The molecule has 0 amide bonds. The van der Waals surface area contributed by atoms with Gasteiger partial charge in [-0.1, -0.05) is 0 Å². The normalized spacial score (nSPS) is 12.2. The van der Waals surface area contributed by atoms with Crippen LogP contribution in [0.3, 0.4) is 0 Å². The van der Waals surface area contributed by atoms with Crippen molar-refractivity contribution in [1.82, 2.24) is 0 Å². The van der Waals surface area contributed by atoms with Gasteiger partial charge in [0.05, 0.1) is 30.8 Å². The van der Waals surface area contributed by atoms with Crippen LogP contribution in [-0.2, 0) is 0 Å². The lowest BCUT2D eigenvalue weighted by Gasteiger charge is -2.07. The number of non-ortho nitro benzene ring substituents is 1. The number of nitro benzene ring substituents is 1. The van der Waals surface area contributed by atoms with E-state index in [9.17, 15) is 15.2 Å². The van der Waals surface area contributed by atoms with Gasteiger partial charge >= 0.3 is 0 Å². The summed E-state index contributed by atoms with van der Waals surface area (Å²) in [7, 11) is 1.43. The van der Waals surface area contributed by atoms with Gasteiger partial charge in [0.1, 0.15) is 5.75 Å². The molecule has 0 aliphatic carbocycles. The van der Waals surface area contributed by atoms with Crippen LogP contribution in [0.25, 0.3) is 0 Å². The fourth-order valence-electron chi connectivity index (χ4n) is 1.11. The van der Waals surface area contributed by atoms with Crippen LogP contribution in [0.4, 0.5) is 5.69 Å². The second-order valence-electron chi connectivity index (χ2n) is 3.27. The first-order valence-corrected chi connectivity index (χ1v) is 5.80. The van der Waals surface area contributed by atoms with Gasteiger partial charge in [0.25, 0.3) is 5.69 Å². The topological polar surface area (TPSA) is 92.8 Å². The molecule has 0 heterocycles. The number of ether oxygens (including phenoxy) is 1. The summed E-state index contributed by atoms with van der Waals surface area (Å²) in [6, 6.07) is 4.37. The van der Waals surface area contributed by atoms with Crippen LogP contribution in [0.1, 0.15) is 0 Å². The molecular formula is C10H13NO5S. The molecule has 1 aromatic carbocycles. The summed E-state index contributed by atoms with van der Waals surface area (Å²) in [5.41, 5.74) is -0.0645. The molecule has 6 nitrogen and oxygen atoms in total. The maximum Gasteiger partial charge on any atom is 0.274 e. The van der Waals surface area contributed by atoms with Crippen LogP contribution >= 0.6 is 11.8 Å². The third kappa shape index (κ3) is 4.22. The Morgan fingerprint density at radius 1 is 1.53 bits per heavy atom. The number of thioether (sulfide) groups is 1. The Bertz CT molecular complexity index is 398. The lowest BCUT2D eigenvalue weighted by atomic mass is 10.3. The van der Waals surface area contributed by atoms with Crippen LogP contribution in [0.2, 0.25) is 0 Å². The van der Waals surface area contributed by atoms with Crippen molar-refractivity contribution in [3.63, 3.8) is 0 Å². The quantitative estimate of drug-likeness (QED) is 0.450. The zero-order chi connectivity index (χ0) is 12.8. The van der Waals surface area contributed by atoms with E-state index in [4.69, 9.17) is 9.84 Å². The van der Waals surface area contributed by atoms with Gasteiger partial charge in [-0.05, 0) is 6.07 Å². The summed E-state index contributed by atoms with van der Waals surface area (Å²) < 4.78 is 4.95. The molecular weight excluding hydrogens is 246 g/mol. The van der Waals surface area contributed by atoms with Crippen molar-refractivity contribution in [2.24, 2.45) is 0 Å².